The molecular weight excluding hydrogens is 182 g/mol. The van der Waals surface area contributed by atoms with Gasteiger partial charge in [0.2, 0.25) is 5.91 Å². The van der Waals surface area contributed by atoms with E-state index < -0.39 is 0 Å². The van der Waals surface area contributed by atoms with E-state index in [-0.39, 0.29) is 11.2 Å². The van der Waals surface area contributed by atoms with E-state index in [0.29, 0.717) is 6.54 Å². The zero-order valence-corrected chi connectivity index (χ0v) is 8.99. The number of thioether (sulfide) groups is 1. The first kappa shape index (κ1) is 10.4. The summed E-state index contributed by atoms with van der Waals surface area (Å²) in [5.41, 5.74) is 1.92. The van der Waals surface area contributed by atoms with Crippen LogP contribution in [0.25, 0.3) is 0 Å². The number of likely N-dealkylation sites (tertiary alicyclic amines) is 1. The summed E-state index contributed by atoms with van der Waals surface area (Å²) in [7, 11) is 0. The molecule has 0 aromatic rings. The van der Waals surface area contributed by atoms with Crippen LogP contribution in [-0.4, -0.2) is 28.9 Å². The second-order valence-electron chi connectivity index (χ2n) is 3.38. The lowest BCUT2D eigenvalue weighted by Crippen LogP contribution is -2.28. The van der Waals surface area contributed by atoms with E-state index in [9.17, 15) is 4.79 Å². The molecule has 1 amide bonds. The summed E-state index contributed by atoms with van der Waals surface area (Å²) in [6.45, 7) is 10.2. The highest BCUT2D eigenvalue weighted by atomic mass is 32.2. The molecule has 1 aliphatic rings. The monoisotopic (exact) mass is 197 g/mol. The van der Waals surface area contributed by atoms with Crippen LogP contribution in [0.15, 0.2) is 24.4 Å². The normalized spacial score (nSPS) is 22.6. The molecule has 1 heterocycles. The van der Waals surface area contributed by atoms with Gasteiger partial charge in [-0.05, 0) is 13.2 Å². The average molecular weight is 197 g/mol. The van der Waals surface area contributed by atoms with Gasteiger partial charge in [0.05, 0.1) is 5.25 Å². The van der Waals surface area contributed by atoms with Gasteiger partial charge in [0, 0.05) is 18.7 Å². The molecule has 0 saturated carbocycles. The summed E-state index contributed by atoms with van der Waals surface area (Å²) < 4.78 is 0. The van der Waals surface area contributed by atoms with E-state index in [0.717, 1.165) is 17.7 Å². The lowest BCUT2D eigenvalue weighted by atomic mass is 10.3. The van der Waals surface area contributed by atoms with Crippen molar-refractivity contribution in [1.29, 1.82) is 0 Å². The molecule has 0 aliphatic carbocycles. The Hall–Kier alpha value is -0.700. The molecule has 1 atom stereocenters. The molecule has 1 saturated heterocycles. The third-order valence-electron chi connectivity index (χ3n) is 2.06. The first-order valence-corrected chi connectivity index (χ1v) is 5.51. The maximum Gasteiger partial charge on any atom is 0.240 e. The molecule has 3 heteroatoms. The molecule has 1 aliphatic heterocycles. The van der Waals surface area contributed by atoms with Gasteiger partial charge in [-0.2, -0.15) is 11.8 Å². The van der Waals surface area contributed by atoms with Crippen LogP contribution in [0.5, 0.6) is 0 Å². The minimum absolute atomic E-state index is 0.0758. The van der Waals surface area contributed by atoms with Gasteiger partial charge >= 0.3 is 0 Å². The van der Waals surface area contributed by atoms with Crippen molar-refractivity contribution >= 4 is 17.7 Å². The van der Waals surface area contributed by atoms with Gasteiger partial charge in [0.1, 0.15) is 0 Å². The smallest absolute Gasteiger partial charge is 0.240 e. The number of hydrogen-bond donors (Lipinski definition) is 0. The van der Waals surface area contributed by atoms with Gasteiger partial charge < -0.3 is 4.90 Å². The highest BCUT2D eigenvalue weighted by Gasteiger charge is 2.33. The van der Waals surface area contributed by atoms with Crippen molar-refractivity contribution in [3.05, 3.63) is 24.4 Å². The van der Waals surface area contributed by atoms with E-state index in [1.807, 2.05) is 13.2 Å². The first-order valence-electron chi connectivity index (χ1n) is 4.22. The minimum Gasteiger partial charge on any atom is -0.312 e. The number of carbonyl (C=O) groups is 1. The quantitative estimate of drug-likeness (QED) is 0.645. The number of nitrogens with zero attached hydrogens (tertiary/aromatic N) is 1. The van der Waals surface area contributed by atoms with Gasteiger partial charge in [-0.1, -0.05) is 18.7 Å². The summed E-state index contributed by atoms with van der Waals surface area (Å²) in [4.78, 5) is 13.4. The van der Waals surface area contributed by atoms with Gasteiger partial charge in [0.25, 0.3) is 0 Å². The molecular formula is C10H15NOS. The summed E-state index contributed by atoms with van der Waals surface area (Å²) in [6.07, 6.45) is 2.74. The fraction of sp³-hybridized carbons (Fsp3) is 0.500. The number of amides is 1. The Bertz CT molecular complexity index is 260. The fourth-order valence-corrected chi connectivity index (χ4v) is 2.07. The van der Waals surface area contributed by atoms with Crippen LogP contribution >= 0.6 is 11.8 Å². The fourth-order valence-electron chi connectivity index (χ4n) is 1.38. The lowest BCUT2D eigenvalue weighted by molar-refractivity contribution is -0.125. The van der Waals surface area contributed by atoms with Gasteiger partial charge in [-0.25, -0.2) is 0 Å². The van der Waals surface area contributed by atoms with Crippen LogP contribution in [0.4, 0.5) is 0 Å². The third kappa shape index (κ3) is 2.15. The Kier molecular flexibility index (Phi) is 3.20. The Morgan fingerprint density at radius 1 is 1.77 bits per heavy atom. The van der Waals surface area contributed by atoms with Crippen molar-refractivity contribution in [2.75, 3.05) is 12.8 Å². The van der Waals surface area contributed by atoms with Crippen LogP contribution in [0.1, 0.15) is 13.3 Å². The zero-order chi connectivity index (χ0) is 10.0. The number of carbonyl (C=O) groups excluding carboxylic acids is 1. The molecule has 0 N–H and O–H groups in total. The molecule has 13 heavy (non-hydrogen) atoms. The van der Waals surface area contributed by atoms with Crippen LogP contribution < -0.4 is 0 Å². The van der Waals surface area contributed by atoms with Crippen LogP contribution in [-0.2, 0) is 4.79 Å². The van der Waals surface area contributed by atoms with Gasteiger partial charge in [-0.3, -0.25) is 4.79 Å². The lowest BCUT2D eigenvalue weighted by Gasteiger charge is -2.17. The second-order valence-corrected chi connectivity index (χ2v) is 4.42. The number of allylic oxidation sites excluding steroid dienone is 1. The van der Waals surface area contributed by atoms with Gasteiger partial charge in [0.15, 0.2) is 0 Å². The molecule has 1 rings (SSSR count). The van der Waals surface area contributed by atoms with Gasteiger partial charge in [-0.15, -0.1) is 0 Å². The van der Waals surface area contributed by atoms with E-state index in [2.05, 4.69) is 13.2 Å². The maximum atomic E-state index is 11.7. The number of hydrogen-bond acceptors (Lipinski definition) is 2. The van der Waals surface area contributed by atoms with Crippen LogP contribution in [0.2, 0.25) is 0 Å². The van der Waals surface area contributed by atoms with Crippen LogP contribution in [0.3, 0.4) is 0 Å². The van der Waals surface area contributed by atoms with Crippen molar-refractivity contribution in [2.24, 2.45) is 0 Å². The molecule has 1 unspecified atom stereocenters. The first-order chi connectivity index (χ1) is 6.06. The van der Waals surface area contributed by atoms with E-state index in [1.165, 1.54) is 0 Å². The molecule has 0 bridgehead atoms. The highest BCUT2D eigenvalue weighted by molar-refractivity contribution is 7.99. The van der Waals surface area contributed by atoms with Crippen molar-refractivity contribution in [1.82, 2.24) is 4.90 Å². The Labute approximate surface area is 83.7 Å². The Morgan fingerprint density at radius 2 is 2.38 bits per heavy atom. The summed E-state index contributed by atoms with van der Waals surface area (Å²) >= 11 is 1.59. The van der Waals surface area contributed by atoms with Crippen molar-refractivity contribution in [3.8, 4) is 0 Å². The topological polar surface area (TPSA) is 20.3 Å². The summed E-state index contributed by atoms with van der Waals surface area (Å²) in [5, 5.41) is 0.0758. The van der Waals surface area contributed by atoms with Crippen molar-refractivity contribution in [3.63, 3.8) is 0 Å². The molecule has 0 spiro atoms. The maximum absolute atomic E-state index is 11.7. The largest absolute Gasteiger partial charge is 0.312 e. The third-order valence-corrected chi connectivity index (χ3v) is 2.99. The van der Waals surface area contributed by atoms with E-state index in [1.54, 1.807) is 16.7 Å². The zero-order valence-electron chi connectivity index (χ0n) is 8.17. The van der Waals surface area contributed by atoms with Crippen molar-refractivity contribution in [2.45, 2.75) is 18.6 Å². The molecule has 72 valence electrons. The van der Waals surface area contributed by atoms with Crippen LogP contribution in [0, 0.1) is 0 Å². The Balaban J connectivity index is 2.70. The molecule has 0 radical (unpaired) electrons. The molecule has 0 aromatic heterocycles. The molecule has 1 fully saturated rings. The molecule has 0 aromatic carbocycles. The average Bonchev–Trinajstić information content (AvgIpc) is 2.31. The van der Waals surface area contributed by atoms with Crippen molar-refractivity contribution < 1.29 is 4.79 Å². The Morgan fingerprint density at radius 3 is 2.77 bits per heavy atom. The highest BCUT2D eigenvalue weighted by Crippen LogP contribution is 2.29. The summed E-state index contributed by atoms with van der Waals surface area (Å²) in [6, 6.07) is 0. The standard InChI is InChI=1S/C10H15NOS/c1-7(2)6-11-8(3)5-9(13-4)10(11)12/h9H,1,3,5-6H2,2,4H3. The number of rotatable bonds is 3. The minimum atomic E-state index is 0.0758. The van der Waals surface area contributed by atoms with E-state index >= 15 is 0 Å². The predicted molar refractivity (Wildman–Crippen MR) is 57.6 cm³/mol. The SMILES string of the molecule is C=C(C)CN1C(=C)CC(SC)C1=O. The van der Waals surface area contributed by atoms with E-state index in [4.69, 9.17) is 0 Å². The molecule has 2 nitrogen and oxygen atoms in total. The second kappa shape index (κ2) is 4.01. The summed E-state index contributed by atoms with van der Waals surface area (Å²) in [5.74, 6) is 0.181. The predicted octanol–water partition coefficient (Wildman–Crippen LogP) is 2.04.